The number of esters is 3. The van der Waals surface area contributed by atoms with E-state index in [1.165, 1.54) is 39.8 Å². The molecule has 22 nitrogen and oxygen atoms in total. The first-order valence-electron chi connectivity index (χ1n) is 29.5. The Morgan fingerprint density at radius 3 is 1.83 bits per heavy atom. The molecule has 6 amide bonds. The summed E-state index contributed by atoms with van der Waals surface area (Å²) in [5, 5.41) is 10.8. The van der Waals surface area contributed by atoms with Crippen LogP contribution in [0, 0.1) is 17.8 Å². The molecule has 1 unspecified atom stereocenters. The number of unbranched alkanes of at least 4 members (excludes halogenated alkanes) is 1. The number of hydrogen-bond donors (Lipinski definition) is 4. The van der Waals surface area contributed by atoms with Gasteiger partial charge in [0.2, 0.25) is 23.6 Å². The molecular formula is C62H102N6O16. The Hall–Kier alpha value is -6.39. The molecule has 0 aliphatic heterocycles. The average Bonchev–Trinajstić information content (AvgIpc) is 3.54. The Kier molecular flexibility index (Phi) is 36.0. The predicted octanol–water partition coefficient (Wildman–Crippen LogP) is 6.56. The maximum Gasteiger partial charge on any atom is 0.407 e. The summed E-state index contributed by atoms with van der Waals surface area (Å²) in [4.78, 5) is 123. The van der Waals surface area contributed by atoms with Crippen molar-refractivity contribution in [2.45, 2.75) is 196 Å². The molecule has 0 saturated heterocycles. The van der Waals surface area contributed by atoms with Gasteiger partial charge in [-0.15, -0.1) is 0 Å². The maximum atomic E-state index is 14.3. The number of hydrogen-bond acceptors (Lipinski definition) is 16. The van der Waals surface area contributed by atoms with E-state index in [0.29, 0.717) is 83.9 Å². The number of carbonyl (C=O) groups excluding carboxylic acids is 9. The van der Waals surface area contributed by atoms with Crippen LogP contribution in [-0.2, 0) is 77.9 Å². The molecule has 476 valence electrons. The summed E-state index contributed by atoms with van der Waals surface area (Å²) >= 11 is 0. The SMILES string of the molecule is C=C(C)C(=O)O[C@H](CC(C)C)C(=O)N[C@@H](C)C(=O)N(C)[C@H](Cc1ccccc1)C(=O)N(C)CC(=O)N[C@H](C(=O)N[C@H](C)C(=O)O[C@H](/C(C)=C/C)C(C)[C@H](CC)OC(=O)CCCCOCCOCCOCCCNC(=O)OC(C)(C)C)[C@H](C)CC. The van der Waals surface area contributed by atoms with Gasteiger partial charge in [0.15, 0.2) is 6.10 Å². The number of nitrogens with zero attached hydrogens (tertiary/aromatic N) is 2. The molecule has 22 heteroatoms. The molecule has 1 aromatic carbocycles. The Morgan fingerprint density at radius 1 is 0.702 bits per heavy atom. The van der Waals surface area contributed by atoms with Gasteiger partial charge >= 0.3 is 24.0 Å². The Morgan fingerprint density at radius 2 is 1.29 bits per heavy atom. The summed E-state index contributed by atoms with van der Waals surface area (Å²) in [6.45, 7) is 30.4. The second-order valence-corrected chi connectivity index (χ2v) is 22.8. The van der Waals surface area contributed by atoms with Crippen LogP contribution in [0.1, 0.15) is 147 Å². The van der Waals surface area contributed by atoms with Gasteiger partial charge in [-0.1, -0.05) is 91.0 Å². The smallest absolute Gasteiger partial charge is 0.407 e. The minimum absolute atomic E-state index is 0.0359. The van der Waals surface area contributed by atoms with Crippen molar-refractivity contribution in [2.24, 2.45) is 17.8 Å². The third-order valence-electron chi connectivity index (χ3n) is 13.7. The second kappa shape index (κ2) is 40.0. The highest BCUT2D eigenvalue weighted by molar-refractivity contribution is 5.96. The minimum Gasteiger partial charge on any atom is -0.462 e. The lowest BCUT2D eigenvalue weighted by molar-refractivity contribution is -0.161. The van der Waals surface area contributed by atoms with E-state index in [1.54, 1.807) is 78.0 Å². The number of benzene rings is 1. The van der Waals surface area contributed by atoms with Crippen molar-refractivity contribution in [3.8, 4) is 0 Å². The summed E-state index contributed by atoms with van der Waals surface area (Å²) in [6, 6.07) is 4.37. The molecule has 0 aromatic heterocycles. The highest BCUT2D eigenvalue weighted by Crippen LogP contribution is 2.25. The van der Waals surface area contributed by atoms with Gasteiger partial charge in [0.25, 0.3) is 5.91 Å². The van der Waals surface area contributed by atoms with E-state index in [1.807, 2.05) is 34.6 Å². The van der Waals surface area contributed by atoms with E-state index in [2.05, 4.69) is 27.8 Å². The first-order chi connectivity index (χ1) is 39.5. The summed E-state index contributed by atoms with van der Waals surface area (Å²) in [6.07, 6.45) is 1.86. The minimum atomic E-state index is -1.19. The van der Waals surface area contributed by atoms with E-state index in [4.69, 9.17) is 33.2 Å². The lowest BCUT2D eigenvalue weighted by Gasteiger charge is -2.33. The average molecular weight is 1190 g/mol. The standard InChI is InChI=1S/C62H102N6O16/c1-18-42(8)53(66-51(69)39-67(16)58(74)48(38-47-27-22-21-23-28-47)68(17)57(73)45(11)64-55(71)50(37-40(4)5)82-59(75)41(6)7)56(72)65-46(12)60(76)83-54(43(9)19-2)44(10)49(20-3)81-52(70)29-24-25-31-78-33-35-80-36-34-79-32-26-30-63-61(77)84-62(13,14)15/h19,21-23,27-28,40,42,44-46,48-50,53-54H,6,18,20,24-26,29-39H2,1-5,7-17H3,(H,63,77)(H,64,71)(H,65,72)(H,66,69)/b43-19+/t42-,44?,45+,46-,48-,49+,50-,53+,54-/m1/s1. The largest absolute Gasteiger partial charge is 0.462 e. The molecule has 4 N–H and O–H groups in total. The van der Waals surface area contributed by atoms with E-state index in [9.17, 15) is 43.2 Å². The van der Waals surface area contributed by atoms with Crippen molar-refractivity contribution in [1.82, 2.24) is 31.1 Å². The van der Waals surface area contributed by atoms with Crippen molar-refractivity contribution in [1.29, 1.82) is 0 Å². The number of likely N-dealkylation sites (N-methyl/N-ethyl adjacent to an activating group) is 2. The predicted molar refractivity (Wildman–Crippen MR) is 319 cm³/mol. The van der Waals surface area contributed by atoms with Crippen LogP contribution in [0.3, 0.4) is 0 Å². The lowest BCUT2D eigenvalue weighted by Crippen LogP contribution is -2.57. The normalized spacial score (nSPS) is 14.8. The van der Waals surface area contributed by atoms with Crippen molar-refractivity contribution in [2.75, 3.05) is 66.8 Å². The molecule has 0 bridgehead atoms. The van der Waals surface area contributed by atoms with Crippen LogP contribution >= 0.6 is 0 Å². The fourth-order valence-electron chi connectivity index (χ4n) is 8.44. The molecule has 9 atom stereocenters. The van der Waals surface area contributed by atoms with Crippen LogP contribution in [0.5, 0.6) is 0 Å². The fourth-order valence-corrected chi connectivity index (χ4v) is 8.44. The molecule has 0 heterocycles. The second-order valence-electron chi connectivity index (χ2n) is 22.8. The van der Waals surface area contributed by atoms with Gasteiger partial charge in [0, 0.05) is 58.2 Å². The summed E-state index contributed by atoms with van der Waals surface area (Å²) in [5.74, 6) is -6.05. The first-order valence-corrected chi connectivity index (χ1v) is 29.5. The number of allylic oxidation sites excluding steroid dienone is 1. The van der Waals surface area contributed by atoms with Gasteiger partial charge in [0.1, 0.15) is 42.0 Å². The van der Waals surface area contributed by atoms with Crippen LogP contribution in [0.25, 0.3) is 0 Å². The van der Waals surface area contributed by atoms with Gasteiger partial charge in [-0.3, -0.25) is 28.8 Å². The number of ether oxygens (including phenoxy) is 7. The first kappa shape index (κ1) is 75.6. The van der Waals surface area contributed by atoms with Crippen molar-refractivity contribution < 1.29 is 76.3 Å². The zero-order valence-electron chi connectivity index (χ0n) is 53.2. The molecule has 1 rings (SSSR count). The maximum absolute atomic E-state index is 14.3. The van der Waals surface area contributed by atoms with Crippen molar-refractivity contribution in [3.05, 3.63) is 59.7 Å². The zero-order valence-corrected chi connectivity index (χ0v) is 53.2. The highest BCUT2D eigenvalue weighted by Gasteiger charge is 2.37. The monoisotopic (exact) mass is 1190 g/mol. The number of nitrogens with one attached hydrogen (secondary N) is 4. The van der Waals surface area contributed by atoms with E-state index >= 15 is 0 Å². The van der Waals surface area contributed by atoms with Crippen LogP contribution in [0.2, 0.25) is 0 Å². The Bertz CT molecular complexity index is 2270. The summed E-state index contributed by atoms with van der Waals surface area (Å²) < 4.78 is 39.3. The van der Waals surface area contributed by atoms with Gasteiger partial charge in [0.05, 0.1) is 33.0 Å². The molecule has 0 radical (unpaired) electrons. The van der Waals surface area contributed by atoms with Crippen molar-refractivity contribution >= 4 is 53.5 Å². The molecule has 0 aliphatic rings. The zero-order chi connectivity index (χ0) is 63.7. The molecule has 0 aliphatic carbocycles. The number of rotatable bonds is 40. The number of carbonyl (C=O) groups is 9. The molecule has 0 fully saturated rings. The van der Waals surface area contributed by atoms with Gasteiger partial charge in [-0.05, 0) is 110 Å². The third kappa shape index (κ3) is 29.9. The summed E-state index contributed by atoms with van der Waals surface area (Å²) in [5.41, 5.74) is 0.989. The molecule has 0 spiro atoms. The molecule has 1 aromatic rings. The van der Waals surface area contributed by atoms with Gasteiger partial charge in [-0.25, -0.2) is 14.4 Å². The van der Waals surface area contributed by atoms with Crippen LogP contribution in [-0.4, -0.2) is 178 Å². The van der Waals surface area contributed by atoms with Crippen molar-refractivity contribution in [3.63, 3.8) is 0 Å². The van der Waals surface area contributed by atoms with Gasteiger partial charge in [-0.2, -0.15) is 0 Å². The fraction of sp³-hybridized carbons (Fsp3) is 0.694. The Labute approximate surface area is 499 Å². The van der Waals surface area contributed by atoms with Crippen LogP contribution < -0.4 is 21.3 Å². The van der Waals surface area contributed by atoms with Crippen LogP contribution in [0.4, 0.5) is 4.79 Å². The topological polar surface area (TPSA) is 273 Å². The molecular weight excluding hydrogens is 1080 g/mol. The Balaban J connectivity index is 2.88. The van der Waals surface area contributed by atoms with Gasteiger partial charge < -0.3 is 64.2 Å². The van der Waals surface area contributed by atoms with E-state index < -0.39 is 120 Å². The molecule has 84 heavy (non-hydrogen) atoms. The number of amides is 6. The third-order valence-corrected chi connectivity index (χ3v) is 13.7. The highest BCUT2D eigenvalue weighted by atomic mass is 16.6. The van der Waals surface area contributed by atoms with E-state index in [0.717, 1.165) is 10.5 Å². The molecule has 0 saturated carbocycles. The number of alkyl carbamates (subject to hydrolysis) is 1. The quantitative estimate of drug-likeness (QED) is 0.0178. The summed E-state index contributed by atoms with van der Waals surface area (Å²) in [7, 11) is 2.83. The van der Waals surface area contributed by atoms with E-state index in [-0.39, 0.29) is 30.8 Å². The lowest BCUT2D eigenvalue weighted by atomic mass is 9.91. The van der Waals surface area contributed by atoms with Crippen LogP contribution in [0.15, 0.2) is 54.1 Å².